The third-order valence-corrected chi connectivity index (χ3v) is 4.54. The monoisotopic (exact) mass is 294 g/mol. The molecule has 0 saturated heterocycles. The number of aliphatic hydroxyl groups is 1. The zero-order valence-corrected chi connectivity index (χ0v) is 13.1. The Kier molecular flexibility index (Phi) is 6.00. The normalized spacial score (nSPS) is 22.3. The number of nitrogens with zero attached hydrogens (tertiary/aromatic N) is 1. The van der Waals surface area contributed by atoms with E-state index in [-0.39, 0.29) is 12.4 Å². The van der Waals surface area contributed by atoms with Gasteiger partial charge in [-0.2, -0.15) is 0 Å². The molecule has 1 saturated carbocycles. The van der Waals surface area contributed by atoms with E-state index >= 15 is 0 Å². The number of aliphatic hydroxyl groups excluding tert-OH is 1. The summed E-state index contributed by atoms with van der Waals surface area (Å²) < 4.78 is 13.9. The molecular formula is C17H27FN2O. The summed E-state index contributed by atoms with van der Waals surface area (Å²) in [6, 6.07) is 5.81. The Bertz CT molecular complexity index is 452. The van der Waals surface area contributed by atoms with Crippen molar-refractivity contribution in [1.82, 2.24) is 5.32 Å². The fourth-order valence-electron chi connectivity index (χ4n) is 3.10. The van der Waals surface area contributed by atoms with Gasteiger partial charge in [0, 0.05) is 26.2 Å². The van der Waals surface area contributed by atoms with Gasteiger partial charge in [-0.25, -0.2) is 4.39 Å². The molecule has 1 aromatic rings. The van der Waals surface area contributed by atoms with E-state index in [4.69, 9.17) is 5.11 Å². The number of likely N-dealkylation sites (N-methyl/N-ethyl adjacent to an activating group) is 1. The standard InChI is InChI=1S/C17H27FN2O/c1-13-5-3-4-6-16(13)19-12-14-7-8-15(18)17(11-14)20(2)9-10-21/h7-8,11,13,16,19,21H,3-6,9-10,12H2,1-2H3. The van der Waals surface area contributed by atoms with Gasteiger partial charge in [0.15, 0.2) is 0 Å². The minimum Gasteiger partial charge on any atom is -0.395 e. The van der Waals surface area contributed by atoms with Crippen molar-refractivity contribution in [2.75, 3.05) is 25.1 Å². The molecule has 0 radical (unpaired) electrons. The molecule has 0 aliphatic heterocycles. The van der Waals surface area contributed by atoms with Gasteiger partial charge >= 0.3 is 0 Å². The maximum absolute atomic E-state index is 13.9. The van der Waals surface area contributed by atoms with E-state index in [1.807, 2.05) is 12.1 Å². The summed E-state index contributed by atoms with van der Waals surface area (Å²) in [7, 11) is 1.80. The van der Waals surface area contributed by atoms with E-state index in [1.54, 1.807) is 11.9 Å². The fourth-order valence-corrected chi connectivity index (χ4v) is 3.10. The summed E-state index contributed by atoms with van der Waals surface area (Å²) in [6.07, 6.45) is 5.17. The van der Waals surface area contributed by atoms with Crippen LogP contribution in [0.1, 0.15) is 38.2 Å². The van der Waals surface area contributed by atoms with Gasteiger partial charge in [0.1, 0.15) is 5.82 Å². The van der Waals surface area contributed by atoms with Crippen LogP contribution >= 0.6 is 0 Å². The summed E-state index contributed by atoms with van der Waals surface area (Å²) in [5.41, 5.74) is 1.65. The van der Waals surface area contributed by atoms with Gasteiger partial charge < -0.3 is 15.3 Å². The van der Waals surface area contributed by atoms with Crippen LogP contribution in [0, 0.1) is 11.7 Å². The number of rotatable bonds is 6. The average Bonchev–Trinajstić information content (AvgIpc) is 2.48. The third kappa shape index (κ3) is 4.42. The molecule has 0 aromatic heterocycles. The van der Waals surface area contributed by atoms with Crippen molar-refractivity contribution in [3.8, 4) is 0 Å². The van der Waals surface area contributed by atoms with Crippen LogP contribution in [0.4, 0.5) is 10.1 Å². The highest BCUT2D eigenvalue weighted by atomic mass is 19.1. The van der Waals surface area contributed by atoms with E-state index in [9.17, 15) is 4.39 Å². The number of hydrogen-bond acceptors (Lipinski definition) is 3. The van der Waals surface area contributed by atoms with Crippen LogP contribution in [-0.4, -0.2) is 31.3 Å². The largest absolute Gasteiger partial charge is 0.395 e. The van der Waals surface area contributed by atoms with Crippen molar-refractivity contribution < 1.29 is 9.50 Å². The van der Waals surface area contributed by atoms with Crippen LogP contribution in [0.15, 0.2) is 18.2 Å². The Morgan fingerprint density at radius 2 is 2.10 bits per heavy atom. The SMILES string of the molecule is CC1CCCCC1NCc1ccc(F)c(N(C)CCO)c1. The lowest BCUT2D eigenvalue weighted by Gasteiger charge is -2.30. The Morgan fingerprint density at radius 1 is 1.33 bits per heavy atom. The molecule has 0 bridgehead atoms. The zero-order valence-electron chi connectivity index (χ0n) is 13.1. The average molecular weight is 294 g/mol. The van der Waals surface area contributed by atoms with E-state index in [0.29, 0.717) is 18.3 Å². The van der Waals surface area contributed by atoms with Crippen LogP contribution < -0.4 is 10.2 Å². The first-order valence-electron chi connectivity index (χ1n) is 7.95. The molecule has 1 aliphatic carbocycles. The van der Waals surface area contributed by atoms with Crippen molar-refractivity contribution >= 4 is 5.69 Å². The van der Waals surface area contributed by atoms with Crippen molar-refractivity contribution in [3.63, 3.8) is 0 Å². The summed E-state index contributed by atoms with van der Waals surface area (Å²) in [5, 5.41) is 12.6. The topological polar surface area (TPSA) is 35.5 Å². The van der Waals surface area contributed by atoms with E-state index in [0.717, 1.165) is 18.0 Å². The van der Waals surface area contributed by atoms with Gasteiger partial charge in [0.2, 0.25) is 0 Å². The summed E-state index contributed by atoms with van der Waals surface area (Å²) in [6.45, 7) is 3.54. The molecule has 1 aromatic carbocycles. The van der Waals surface area contributed by atoms with Crippen LogP contribution in [0.2, 0.25) is 0 Å². The Morgan fingerprint density at radius 3 is 2.81 bits per heavy atom. The number of anilines is 1. The molecule has 21 heavy (non-hydrogen) atoms. The van der Waals surface area contributed by atoms with E-state index in [1.165, 1.54) is 31.7 Å². The maximum Gasteiger partial charge on any atom is 0.146 e. The molecule has 2 unspecified atom stereocenters. The van der Waals surface area contributed by atoms with Gasteiger partial charge in [-0.05, 0) is 36.5 Å². The molecule has 118 valence electrons. The van der Waals surface area contributed by atoms with Gasteiger partial charge in [-0.1, -0.05) is 25.8 Å². The van der Waals surface area contributed by atoms with Crippen molar-refractivity contribution in [2.24, 2.45) is 5.92 Å². The number of halogens is 1. The minimum atomic E-state index is -0.235. The second-order valence-corrected chi connectivity index (χ2v) is 6.18. The molecule has 0 heterocycles. The smallest absolute Gasteiger partial charge is 0.146 e. The molecule has 3 nitrogen and oxygen atoms in total. The van der Waals surface area contributed by atoms with Gasteiger partial charge in [0.25, 0.3) is 0 Å². The van der Waals surface area contributed by atoms with Crippen molar-refractivity contribution in [2.45, 2.75) is 45.2 Å². The quantitative estimate of drug-likeness (QED) is 0.847. The summed E-state index contributed by atoms with van der Waals surface area (Å²) >= 11 is 0. The first kappa shape index (κ1) is 16.2. The summed E-state index contributed by atoms with van der Waals surface area (Å²) in [5.74, 6) is 0.483. The molecule has 1 aliphatic rings. The Balaban J connectivity index is 1.98. The zero-order chi connectivity index (χ0) is 15.2. The predicted molar refractivity (Wildman–Crippen MR) is 85.0 cm³/mol. The van der Waals surface area contributed by atoms with Crippen LogP contribution in [0.25, 0.3) is 0 Å². The first-order valence-corrected chi connectivity index (χ1v) is 7.95. The third-order valence-electron chi connectivity index (χ3n) is 4.54. The second kappa shape index (κ2) is 7.76. The molecule has 1 fully saturated rings. The molecule has 0 spiro atoms. The first-order chi connectivity index (χ1) is 10.1. The number of benzene rings is 1. The molecule has 2 atom stereocenters. The van der Waals surface area contributed by atoms with E-state index in [2.05, 4.69) is 12.2 Å². The fraction of sp³-hybridized carbons (Fsp3) is 0.647. The van der Waals surface area contributed by atoms with E-state index < -0.39 is 0 Å². The highest BCUT2D eigenvalue weighted by Crippen LogP contribution is 2.25. The van der Waals surface area contributed by atoms with Gasteiger partial charge in [0.05, 0.1) is 12.3 Å². The van der Waals surface area contributed by atoms with Gasteiger partial charge in [-0.15, -0.1) is 0 Å². The lowest BCUT2D eigenvalue weighted by Crippen LogP contribution is -2.36. The molecular weight excluding hydrogens is 267 g/mol. The second-order valence-electron chi connectivity index (χ2n) is 6.18. The van der Waals surface area contributed by atoms with Crippen LogP contribution in [0.5, 0.6) is 0 Å². The summed E-state index contributed by atoms with van der Waals surface area (Å²) in [4.78, 5) is 1.75. The highest BCUT2D eigenvalue weighted by Gasteiger charge is 2.20. The Hall–Kier alpha value is -1.13. The van der Waals surface area contributed by atoms with Crippen LogP contribution in [0.3, 0.4) is 0 Å². The Labute approximate surface area is 127 Å². The van der Waals surface area contributed by atoms with Crippen molar-refractivity contribution in [1.29, 1.82) is 0 Å². The molecule has 2 N–H and O–H groups in total. The molecule has 4 heteroatoms. The lowest BCUT2D eigenvalue weighted by molar-refractivity contribution is 0.279. The minimum absolute atomic E-state index is 0.0258. The predicted octanol–water partition coefficient (Wildman–Crippen LogP) is 2.92. The molecule has 2 rings (SSSR count). The van der Waals surface area contributed by atoms with Crippen LogP contribution in [-0.2, 0) is 6.54 Å². The number of hydrogen-bond donors (Lipinski definition) is 2. The maximum atomic E-state index is 13.9. The van der Waals surface area contributed by atoms with Crippen molar-refractivity contribution in [3.05, 3.63) is 29.6 Å². The number of nitrogens with one attached hydrogen (secondary N) is 1. The lowest BCUT2D eigenvalue weighted by atomic mass is 9.86. The highest BCUT2D eigenvalue weighted by molar-refractivity contribution is 5.49. The molecule has 0 amide bonds. The van der Waals surface area contributed by atoms with Gasteiger partial charge in [-0.3, -0.25) is 0 Å².